The van der Waals surface area contributed by atoms with Gasteiger partial charge in [-0.15, -0.1) is 0 Å². The summed E-state index contributed by atoms with van der Waals surface area (Å²) in [6.07, 6.45) is 6.43. The second-order valence-corrected chi connectivity index (χ2v) is 10.6. The zero-order valence-corrected chi connectivity index (χ0v) is 20.1. The van der Waals surface area contributed by atoms with Crippen molar-refractivity contribution >= 4 is 11.9 Å². The predicted molar refractivity (Wildman–Crippen MR) is 129 cm³/mol. The maximum absolute atomic E-state index is 11.4. The van der Waals surface area contributed by atoms with Gasteiger partial charge in [0, 0.05) is 5.56 Å². The Hall–Kier alpha value is -3.03. The Morgan fingerprint density at radius 3 is 2.00 bits per heavy atom. The summed E-state index contributed by atoms with van der Waals surface area (Å²) >= 11 is 0. The van der Waals surface area contributed by atoms with E-state index in [0.717, 1.165) is 47.7 Å². The van der Waals surface area contributed by atoms with Crippen molar-refractivity contribution < 1.29 is 32.6 Å². The fraction of sp³-hybridized carbons (Fsp3) is 0.500. The maximum Gasteiger partial charge on any atom is 0.490 e. The minimum Gasteiger partial charge on any atom is -0.494 e. The molecule has 0 spiro atoms. The molecule has 4 aliphatic carbocycles. The minimum absolute atomic E-state index is 0.397. The van der Waals surface area contributed by atoms with Crippen LogP contribution in [0.4, 0.5) is 13.2 Å². The van der Waals surface area contributed by atoms with Gasteiger partial charge in [-0.1, -0.05) is 24.3 Å². The van der Waals surface area contributed by atoms with Gasteiger partial charge in [0.15, 0.2) is 0 Å². The second-order valence-electron chi connectivity index (χ2n) is 10.6. The monoisotopic (exact) mass is 503 g/mol. The molecule has 36 heavy (non-hydrogen) atoms. The molecular formula is C28H32F3NO4. The molecule has 4 fully saturated rings. The molecule has 0 unspecified atom stereocenters. The van der Waals surface area contributed by atoms with Gasteiger partial charge >= 0.3 is 12.1 Å². The molecule has 0 aromatic heterocycles. The average molecular weight is 504 g/mol. The number of alkyl halides is 3. The molecule has 0 saturated heterocycles. The molecule has 3 N–H and O–H groups in total. The Balaban J connectivity index is 0.000000384. The fourth-order valence-electron chi connectivity index (χ4n) is 6.83. The van der Waals surface area contributed by atoms with Gasteiger partial charge in [0.05, 0.1) is 6.61 Å². The van der Waals surface area contributed by atoms with Crippen molar-refractivity contribution in [2.75, 3.05) is 6.61 Å². The van der Waals surface area contributed by atoms with Crippen LogP contribution in [0.15, 0.2) is 48.5 Å². The SMILES string of the molecule is NC(=O)c1cccc(-c2ccc(OCCCC34CC5CC(CC(C5)C3)C4)cc2)c1.O=C(O)C(F)(F)F. The van der Waals surface area contributed by atoms with Crippen LogP contribution in [0, 0.1) is 23.2 Å². The number of benzene rings is 2. The van der Waals surface area contributed by atoms with E-state index in [1.807, 2.05) is 30.3 Å². The van der Waals surface area contributed by atoms with Crippen molar-refractivity contribution in [2.45, 2.75) is 57.5 Å². The highest BCUT2D eigenvalue weighted by molar-refractivity contribution is 5.94. The van der Waals surface area contributed by atoms with Crippen molar-refractivity contribution in [2.24, 2.45) is 28.9 Å². The Morgan fingerprint density at radius 1 is 0.944 bits per heavy atom. The summed E-state index contributed by atoms with van der Waals surface area (Å²) in [5.74, 6) is 0.858. The number of rotatable bonds is 7. The topological polar surface area (TPSA) is 89.6 Å². The molecule has 2 aromatic carbocycles. The Kier molecular flexibility index (Phi) is 7.62. The van der Waals surface area contributed by atoms with Crippen LogP contribution in [-0.4, -0.2) is 29.8 Å². The number of ether oxygens (including phenoxy) is 1. The lowest BCUT2D eigenvalue weighted by atomic mass is 9.48. The van der Waals surface area contributed by atoms with E-state index in [2.05, 4.69) is 12.1 Å². The molecule has 0 aliphatic heterocycles. The molecule has 194 valence electrons. The van der Waals surface area contributed by atoms with E-state index < -0.39 is 18.1 Å². The first-order valence-electron chi connectivity index (χ1n) is 12.5. The highest BCUT2D eigenvalue weighted by atomic mass is 19.4. The second kappa shape index (κ2) is 10.5. The first-order valence-corrected chi connectivity index (χ1v) is 12.5. The van der Waals surface area contributed by atoms with Crippen LogP contribution in [0.2, 0.25) is 0 Å². The summed E-state index contributed by atoms with van der Waals surface area (Å²) in [7, 11) is 0. The molecule has 4 aliphatic rings. The first-order chi connectivity index (χ1) is 17.0. The lowest BCUT2D eigenvalue weighted by Gasteiger charge is -2.57. The largest absolute Gasteiger partial charge is 0.494 e. The molecule has 5 nitrogen and oxygen atoms in total. The van der Waals surface area contributed by atoms with Crippen LogP contribution in [0.3, 0.4) is 0 Å². The number of carbonyl (C=O) groups excluding carboxylic acids is 1. The number of primary amides is 1. The molecule has 2 aromatic rings. The number of amides is 1. The standard InChI is InChI=1S/C26H31NO2.C2HF3O2/c27-25(28)23-4-1-3-22(14-23)21-5-7-24(8-6-21)29-10-2-9-26-15-18-11-19(16-26)13-20(12-18)17-26;3-2(4,5)1(6)7/h1,3-8,14,18-20H,2,9-13,15-17H2,(H2,27,28);(H,6,7). The lowest BCUT2D eigenvalue weighted by molar-refractivity contribution is -0.192. The van der Waals surface area contributed by atoms with Crippen LogP contribution in [0.1, 0.15) is 61.7 Å². The third-order valence-electron chi connectivity index (χ3n) is 7.86. The molecule has 4 saturated carbocycles. The highest BCUT2D eigenvalue weighted by Crippen LogP contribution is 2.61. The van der Waals surface area contributed by atoms with Gasteiger partial charge in [0.1, 0.15) is 5.75 Å². The van der Waals surface area contributed by atoms with E-state index in [0.29, 0.717) is 11.0 Å². The third-order valence-corrected chi connectivity index (χ3v) is 7.86. The van der Waals surface area contributed by atoms with Crippen molar-refractivity contribution in [3.63, 3.8) is 0 Å². The van der Waals surface area contributed by atoms with Crippen LogP contribution < -0.4 is 10.5 Å². The molecule has 1 amide bonds. The zero-order chi connectivity index (χ0) is 25.9. The average Bonchev–Trinajstić information content (AvgIpc) is 2.81. The minimum atomic E-state index is -5.08. The van der Waals surface area contributed by atoms with Gasteiger partial charge in [0.2, 0.25) is 5.91 Å². The van der Waals surface area contributed by atoms with E-state index in [4.69, 9.17) is 20.4 Å². The smallest absolute Gasteiger partial charge is 0.490 e. The number of halogens is 3. The Morgan fingerprint density at radius 2 is 1.50 bits per heavy atom. The number of nitrogens with two attached hydrogens (primary N) is 1. The Labute approximate surface area is 208 Å². The molecule has 0 heterocycles. The molecule has 0 atom stereocenters. The quantitative estimate of drug-likeness (QED) is 0.424. The number of hydrogen-bond acceptors (Lipinski definition) is 3. The zero-order valence-electron chi connectivity index (χ0n) is 20.1. The van der Waals surface area contributed by atoms with Crippen molar-refractivity contribution in [1.82, 2.24) is 0 Å². The summed E-state index contributed by atoms with van der Waals surface area (Å²) in [4.78, 5) is 20.3. The number of carbonyl (C=O) groups is 2. The molecule has 4 bridgehead atoms. The van der Waals surface area contributed by atoms with E-state index >= 15 is 0 Å². The van der Waals surface area contributed by atoms with Gasteiger partial charge in [0.25, 0.3) is 0 Å². The van der Waals surface area contributed by atoms with Crippen LogP contribution in [0.5, 0.6) is 5.75 Å². The van der Waals surface area contributed by atoms with Crippen LogP contribution in [-0.2, 0) is 4.79 Å². The van der Waals surface area contributed by atoms with Crippen molar-refractivity contribution in [3.8, 4) is 16.9 Å². The summed E-state index contributed by atoms with van der Waals surface area (Å²) in [5, 5.41) is 7.12. The number of carboxylic acids is 1. The molecule has 8 heteroatoms. The normalized spacial score (nSPS) is 26.1. The van der Waals surface area contributed by atoms with Crippen molar-refractivity contribution in [3.05, 3.63) is 54.1 Å². The van der Waals surface area contributed by atoms with E-state index in [1.165, 1.54) is 44.9 Å². The third kappa shape index (κ3) is 6.39. The summed E-state index contributed by atoms with van der Waals surface area (Å²) in [6.45, 7) is 0.804. The lowest BCUT2D eigenvalue weighted by Crippen LogP contribution is -2.46. The predicted octanol–water partition coefficient (Wildman–Crippen LogP) is 6.46. The number of aliphatic carboxylic acids is 1. The van der Waals surface area contributed by atoms with E-state index in [1.54, 1.807) is 6.07 Å². The summed E-state index contributed by atoms with van der Waals surface area (Å²) < 4.78 is 37.8. The van der Waals surface area contributed by atoms with Gasteiger partial charge in [-0.2, -0.15) is 13.2 Å². The van der Waals surface area contributed by atoms with Crippen molar-refractivity contribution in [1.29, 1.82) is 0 Å². The molecular weight excluding hydrogens is 471 g/mol. The van der Waals surface area contributed by atoms with E-state index in [-0.39, 0.29) is 0 Å². The first kappa shape index (κ1) is 26.0. The fourth-order valence-corrected chi connectivity index (χ4v) is 6.83. The molecule has 0 radical (unpaired) electrons. The summed E-state index contributed by atoms with van der Waals surface area (Å²) in [6, 6.07) is 15.6. The number of carboxylic acid groups (broad SMARTS) is 1. The number of hydrogen-bond donors (Lipinski definition) is 2. The van der Waals surface area contributed by atoms with Gasteiger partial charge in [-0.25, -0.2) is 4.79 Å². The molecule has 6 rings (SSSR count). The van der Waals surface area contributed by atoms with Crippen LogP contribution in [0.25, 0.3) is 11.1 Å². The highest BCUT2D eigenvalue weighted by Gasteiger charge is 2.50. The van der Waals surface area contributed by atoms with Gasteiger partial charge in [-0.3, -0.25) is 4.79 Å². The van der Waals surface area contributed by atoms with Gasteiger partial charge < -0.3 is 15.6 Å². The van der Waals surface area contributed by atoms with E-state index in [9.17, 15) is 18.0 Å². The Bertz CT molecular complexity index is 1050. The maximum atomic E-state index is 11.4. The van der Waals surface area contributed by atoms with Crippen LogP contribution >= 0.6 is 0 Å². The summed E-state index contributed by atoms with van der Waals surface area (Å²) in [5.41, 5.74) is 8.63. The van der Waals surface area contributed by atoms with Gasteiger partial charge in [-0.05, 0) is 110 Å².